The highest BCUT2D eigenvalue weighted by Crippen LogP contribution is 2.35. The second-order valence-corrected chi connectivity index (χ2v) is 4.27. The lowest BCUT2D eigenvalue weighted by Gasteiger charge is -2.19. The zero-order valence-corrected chi connectivity index (χ0v) is 10.5. The molecule has 5 nitrogen and oxygen atoms in total. The molecule has 1 aromatic rings. The van der Waals surface area contributed by atoms with Gasteiger partial charge in [-0.05, 0) is 6.07 Å². The third-order valence-electron chi connectivity index (χ3n) is 2.99. The minimum absolute atomic E-state index is 0.0551. The van der Waals surface area contributed by atoms with Crippen molar-refractivity contribution in [3.05, 3.63) is 23.8 Å². The number of para-hydroxylation sites is 1. The molecule has 100 valence electrons. The zero-order chi connectivity index (χ0) is 13.0. The van der Waals surface area contributed by atoms with Crippen LogP contribution in [-0.2, 0) is 4.74 Å². The molecule has 2 rings (SSSR count). The fraction of sp³-hybridized carbons (Fsp3) is 0.538. The van der Waals surface area contributed by atoms with Gasteiger partial charge in [-0.3, -0.25) is 0 Å². The van der Waals surface area contributed by atoms with Gasteiger partial charge < -0.3 is 25.1 Å². The monoisotopic (exact) mass is 253 g/mol. The van der Waals surface area contributed by atoms with E-state index < -0.39 is 6.04 Å². The maximum atomic E-state index is 9.14. The summed E-state index contributed by atoms with van der Waals surface area (Å²) in [6.07, 6.45) is 0.930. The number of methoxy groups -OCH3 is 1. The van der Waals surface area contributed by atoms with Crippen LogP contribution in [0, 0.1) is 0 Å². The molecule has 1 aliphatic heterocycles. The number of hydrogen-bond donors (Lipinski definition) is 2. The molecule has 1 aromatic carbocycles. The average molecular weight is 253 g/mol. The smallest absolute Gasteiger partial charge is 0.165 e. The van der Waals surface area contributed by atoms with Crippen LogP contribution in [0.25, 0.3) is 0 Å². The number of rotatable bonds is 5. The van der Waals surface area contributed by atoms with Crippen LogP contribution in [0.5, 0.6) is 11.5 Å². The first-order valence-corrected chi connectivity index (χ1v) is 6.04. The predicted molar refractivity (Wildman–Crippen MR) is 66.9 cm³/mol. The molecular weight excluding hydrogens is 234 g/mol. The minimum atomic E-state index is -0.469. The van der Waals surface area contributed by atoms with Crippen LogP contribution < -0.4 is 15.2 Å². The van der Waals surface area contributed by atoms with Crippen LogP contribution in [0.15, 0.2) is 18.2 Å². The van der Waals surface area contributed by atoms with E-state index in [9.17, 15) is 0 Å². The number of aliphatic hydroxyl groups excluding tert-OH is 1. The summed E-state index contributed by atoms with van der Waals surface area (Å²) in [5.74, 6) is 1.24. The Bertz CT molecular complexity index is 391. The Morgan fingerprint density at radius 1 is 1.56 bits per heavy atom. The minimum Gasteiger partial charge on any atom is -0.493 e. The molecule has 18 heavy (non-hydrogen) atoms. The van der Waals surface area contributed by atoms with Crippen molar-refractivity contribution in [2.45, 2.75) is 18.6 Å². The van der Waals surface area contributed by atoms with E-state index in [-0.39, 0.29) is 12.7 Å². The number of hydrogen-bond acceptors (Lipinski definition) is 5. The quantitative estimate of drug-likeness (QED) is 0.814. The molecule has 0 spiro atoms. The van der Waals surface area contributed by atoms with Crippen LogP contribution in [0.2, 0.25) is 0 Å². The van der Waals surface area contributed by atoms with E-state index in [2.05, 4.69) is 0 Å². The molecule has 1 fully saturated rings. The topological polar surface area (TPSA) is 73.9 Å². The van der Waals surface area contributed by atoms with Gasteiger partial charge in [-0.15, -0.1) is 0 Å². The summed E-state index contributed by atoms with van der Waals surface area (Å²) in [5.41, 5.74) is 6.58. The van der Waals surface area contributed by atoms with Crippen LogP contribution in [0.4, 0.5) is 0 Å². The Morgan fingerprint density at radius 3 is 3.00 bits per heavy atom. The number of benzene rings is 1. The Morgan fingerprint density at radius 2 is 2.39 bits per heavy atom. The van der Waals surface area contributed by atoms with Gasteiger partial charge in [0.2, 0.25) is 0 Å². The van der Waals surface area contributed by atoms with Gasteiger partial charge in [0.1, 0.15) is 6.10 Å². The molecule has 0 saturated carbocycles. The Balaban J connectivity index is 2.22. The van der Waals surface area contributed by atoms with Gasteiger partial charge in [0.15, 0.2) is 11.5 Å². The van der Waals surface area contributed by atoms with E-state index >= 15 is 0 Å². The second kappa shape index (κ2) is 6.04. The molecule has 1 saturated heterocycles. The van der Waals surface area contributed by atoms with Crippen LogP contribution >= 0.6 is 0 Å². The van der Waals surface area contributed by atoms with Gasteiger partial charge in [0.05, 0.1) is 33.0 Å². The third-order valence-corrected chi connectivity index (χ3v) is 2.99. The largest absolute Gasteiger partial charge is 0.493 e. The Labute approximate surface area is 106 Å². The summed E-state index contributed by atoms with van der Waals surface area (Å²) in [4.78, 5) is 0. The van der Waals surface area contributed by atoms with Crippen LogP contribution in [-0.4, -0.2) is 38.1 Å². The lowest BCUT2D eigenvalue weighted by atomic mass is 10.1. The van der Waals surface area contributed by atoms with Crippen molar-refractivity contribution >= 4 is 0 Å². The highest BCUT2D eigenvalue weighted by atomic mass is 16.6. The molecule has 0 aliphatic carbocycles. The van der Waals surface area contributed by atoms with Gasteiger partial charge in [-0.25, -0.2) is 0 Å². The van der Waals surface area contributed by atoms with E-state index in [4.69, 9.17) is 25.1 Å². The summed E-state index contributed by atoms with van der Waals surface area (Å²) in [6.45, 7) is 1.19. The molecule has 1 aliphatic rings. The van der Waals surface area contributed by atoms with Gasteiger partial charge in [0.25, 0.3) is 0 Å². The molecule has 2 unspecified atom stereocenters. The van der Waals surface area contributed by atoms with E-state index in [0.29, 0.717) is 18.1 Å². The van der Waals surface area contributed by atoms with Crippen molar-refractivity contribution in [2.75, 3.05) is 26.9 Å². The maximum absolute atomic E-state index is 9.14. The molecule has 0 radical (unpaired) electrons. The Kier molecular flexibility index (Phi) is 4.41. The summed E-state index contributed by atoms with van der Waals surface area (Å²) in [6, 6.07) is 5.05. The van der Waals surface area contributed by atoms with Crippen molar-refractivity contribution in [1.29, 1.82) is 0 Å². The van der Waals surface area contributed by atoms with Crippen molar-refractivity contribution in [2.24, 2.45) is 5.73 Å². The normalized spacial score (nSPS) is 20.7. The summed E-state index contributed by atoms with van der Waals surface area (Å²) >= 11 is 0. The van der Waals surface area contributed by atoms with Crippen LogP contribution in [0.3, 0.4) is 0 Å². The lowest BCUT2D eigenvalue weighted by Crippen LogP contribution is -2.18. The van der Waals surface area contributed by atoms with Gasteiger partial charge in [0, 0.05) is 12.0 Å². The maximum Gasteiger partial charge on any atom is 0.165 e. The van der Waals surface area contributed by atoms with Gasteiger partial charge >= 0.3 is 0 Å². The first-order valence-electron chi connectivity index (χ1n) is 6.04. The number of nitrogens with two attached hydrogens (primary N) is 1. The first-order chi connectivity index (χ1) is 8.76. The van der Waals surface area contributed by atoms with Crippen LogP contribution in [0.1, 0.15) is 18.0 Å². The van der Waals surface area contributed by atoms with E-state index in [1.54, 1.807) is 7.11 Å². The van der Waals surface area contributed by atoms with E-state index in [0.717, 1.165) is 18.6 Å². The molecule has 1 heterocycles. The fourth-order valence-corrected chi connectivity index (χ4v) is 2.02. The molecule has 5 heteroatoms. The predicted octanol–water partition coefficient (Wildman–Crippen LogP) is 0.855. The standard InChI is InChI=1S/C13H19NO4/c1-16-13-10(11(14)7-15)3-2-4-12(13)18-9-5-6-17-8-9/h2-4,9,11,15H,5-8,14H2,1H3. The first kappa shape index (κ1) is 13.1. The molecule has 0 aromatic heterocycles. The lowest BCUT2D eigenvalue weighted by molar-refractivity contribution is 0.138. The SMILES string of the molecule is COc1c(OC2CCOC2)cccc1C(N)CO. The van der Waals surface area contributed by atoms with Crippen molar-refractivity contribution in [1.82, 2.24) is 0 Å². The average Bonchev–Trinajstić information content (AvgIpc) is 2.90. The van der Waals surface area contributed by atoms with Crippen molar-refractivity contribution in [3.63, 3.8) is 0 Å². The molecule has 3 N–H and O–H groups in total. The van der Waals surface area contributed by atoms with E-state index in [1.165, 1.54) is 0 Å². The molecular formula is C13H19NO4. The number of aliphatic hydroxyl groups is 1. The summed E-state index contributed by atoms with van der Waals surface area (Å²) in [5, 5.41) is 9.14. The number of ether oxygens (including phenoxy) is 3. The van der Waals surface area contributed by atoms with E-state index in [1.807, 2.05) is 18.2 Å². The summed E-state index contributed by atoms with van der Waals surface area (Å²) < 4.78 is 16.5. The van der Waals surface area contributed by atoms with Crippen molar-refractivity contribution in [3.8, 4) is 11.5 Å². The molecule has 0 amide bonds. The second-order valence-electron chi connectivity index (χ2n) is 4.27. The zero-order valence-electron chi connectivity index (χ0n) is 10.5. The van der Waals surface area contributed by atoms with Gasteiger partial charge in [-0.2, -0.15) is 0 Å². The van der Waals surface area contributed by atoms with Gasteiger partial charge in [-0.1, -0.05) is 12.1 Å². The Hall–Kier alpha value is -1.30. The highest BCUT2D eigenvalue weighted by Gasteiger charge is 2.21. The van der Waals surface area contributed by atoms with Crippen molar-refractivity contribution < 1.29 is 19.3 Å². The third kappa shape index (κ3) is 2.75. The molecule has 2 atom stereocenters. The molecule has 0 bridgehead atoms. The summed E-state index contributed by atoms with van der Waals surface area (Å²) in [7, 11) is 1.57. The highest BCUT2D eigenvalue weighted by molar-refractivity contribution is 5.48. The fourth-order valence-electron chi connectivity index (χ4n) is 2.02.